The Balaban J connectivity index is 1.39. The van der Waals surface area contributed by atoms with Crippen molar-refractivity contribution in [3.8, 4) is 17.2 Å². The van der Waals surface area contributed by atoms with Gasteiger partial charge in [-0.2, -0.15) is 0 Å². The summed E-state index contributed by atoms with van der Waals surface area (Å²) < 4.78 is 31.4. The molecule has 0 bridgehead atoms. The molecule has 3 aromatic rings. The molecule has 3 aromatic carbocycles. The molecular formula is C22H19BrFNO3. The molecule has 6 heteroatoms. The zero-order chi connectivity index (χ0) is 19.3. The van der Waals surface area contributed by atoms with Crippen molar-refractivity contribution in [1.29, 1.82) is 0 Å². The monoisotopic (exact) mass is 443 g/mol. The minimum atomic E-state index is -0.262. The van der Waals surface area contributed by atoms with Gasteiger partial charge in [0, 0.05) is 28.7 Å². The molecule has 1 aliphatic heterocycles. The van der Waals surface area contributed by atoms with Crippen LogP contribution in [0.4, 0.5) is 4.39 Å². The topological polar surface area (TPSA) is 39.7 Å². The summed E-state index contributed by atoms with van der Waals surface area (Å²) in [6, 6.07) is 18.4. The molecular weight excluding hydrogens is 425 g/mol. The van der Waals surface area contributed by atoms with Crippen LogP contribution in [0.1, 0.15) is 16.7 Å². The van der Waals surface area contributed by atoms with Crippen molar-refractivity contribution >= 4 is 15.9 Å². The maximum Gasteiger partial charge on any atom is 0.231 e. The van der Waals surface area contributed by atoms with Gasteiger partial charge in [0.2, 0.25) is 6.79 Å². The zero-order valence-corrected chi connectivity index (χ0v) is 16.7. The molecule has 4 nitrogen and oxygen atoms in total. The van der Waals surface area contributed by atoms with E-state index in [1.54, 1.807) is 18.2 Å². The number of nitrogens with one attached hydrogen (secondary N) is 1. The SMILES string of the molecule is Fc1ccccc1COc1ccc(Br)cc1CNCc1ccc2c(c1)OCO2. The summed E-state index contributed by atoms with van der Waals surface area (Å²) in [5.74, 6) is 2.02. The molecule has 0 spiro atoms. The van der Waals surface area contributed by atoms with Gasteiger partial charge in [-0.15, -0.1) is 0 Å². The van der Waals surface area contributed by atoms with Gasteiger partial charge in [0.25, 0.3) is 0 Å². The van der Waals surface area contributed by atoms with Crippen molar-refractivity contribution in [2.45, 2.75) is 19.7 Å². The van der Waals surface area contributed by atoms with Gasteiger partial charge in [-0.25, -0.2) is 4.39 Å². The van der Waals surface area contributed by atoms with Gasteiger partial charge in [0.05, 0.1) is 0 Å². The predicted octanol–water partition coefficient (Wildman–Crippen LogP) is 5.19. The first kappa shape index (κ1) is 18.8. The summed E-state index contributed by atoms with van der Waals surface area (Å²) in [6.45, 7) is 1.74. The fourth-order valence-corrected chi connectivity index (χ4v) is 3.40. The molecule has 0 atom stereocenters. The van der Waals surface area contributed by atoms with Gasteiger partial charge >= 0.3 is 0 Å². The van der Waals surface area contributed by atoms with Crippen LogP contribution in [-0.2, 0) is 19.7 Å². The molecule has 144 valence electrons. The third kappa shape index (κ3) is 4.46. The Kier molecular flexibility index (Phi) is 5.78. The molecule has 0 unspecified atom stereocenters. The van der Waals surface area contributed by atoms with E-state index in [4.69, 9.17) is 14.2 Å². The largest absolute Gasteiger partial charge is 0.488 e. The summed E-state index contributed by atoms with van der Waals surface area (Å²) in [5.41, 5.74) is 2.63. The summed E-state index contributed by atoms with van der Waals surface area (Å²) in [7, 11) is 0. The molecule has 0 amide bonds. The van der Waals surface area contributed by atoms with Crippen LogP contribution in [0.5, 0.6) is 17.2 Å². The molecule has 0 radical (unpaired) electrons. The lowest BCUT2D eigenvalue weighted by molar-refractivity contribution is 0.174. The lowest BCUT2D eigenvalue weighted by Crippen LogP contribution is -2.14. The summed E-state index contributed by atoms with van der Waals surface area (Å²) in [4.78, 5) is 0. The molecule has 0 saturated heterocycles. The zero-order valence-electron chi connectivity index (χ0n) is 15.1. The van der Waals surface area contributed by atoms with Gasteiger partial charge < -0.3 is 19.5 Å². The maximum atomic E-state index is 13.8. The Bertz CT molecular complexity index is 980. The molecule has 0 aromatic heterocycles. The molecule has 1 N–H and O–H groups in total. The second-order valence-electron chi connectivity index (χ2n) is 6.42. The molecule has 0 aliphatic carbocycles. The van der Waals surface area contributed by atoms with Gasteiger partial charge in [-0.05, 0) is 42.0 Å². The van der Waals surface area contributed by atoms with Crippen LogP contribution in [-0.4, -0.2) is 6.79 Å². The Morgan fingerprint density at radius 2 is 1.79 bits per heavy atom. The van der Waals surface area contributed by atoms with Crippen LogP contribution in [0.15, 0.2) is 65.1 Å². The van der Waals surface area contributed by atoms with E-state index in [0.717, 1.165) is 32.8 Å². The van der Waals surface area contributed by atoms with Crippen LogP contribution < -0.4 is 19.5 Å². The minimum Gasteiger partial charge on any atom is -0.488 e. The van der Waals surface area contributed by atoms with Gasteiger partial charge in [0.15, 0.2) is 11.5 Å². The lowest BCUT2D eigenvalue weighted by Gasteiger charge is -2.13. The smallest absolute Gasteiger partial charge is 0.231 e. The third-order valence-electron chi connectivity index (χ3n) is 4.45. The first-order valence-corrected chi connectivity index (χ1v) is 9.72. The Hall–Kier alpha value is -2.57. The number of hydrogen-bond acceptors (Lipinski definition) is 4. The third-order valence-corrected chi connectivity index (χ3v) is 4.94. The number of rotatable bonds is 7. The molecule has 0 fully saturated rings. The van der Waals surface area contributed by atoms with E-state index in [1.165, 1.54) is 6.07 Å². The van der Waals surface area contributed by atoms with Crippen molar-refractivity contribution in [3.63, 3.8) is 0 Å². The highest BCUT2D eigenvalue weighted by molar-refractivity contribution is 9.10. The first-order valence-electron chi connectivity index (χ1n) is 8.93. The minimum absolute atomic E-state index is 0.184. The van der Waals surface area contributed by atoms with Crippen molar-refractivity contribution < 1.29 is 18.6 Å². The standard InChI is InChI=1S/C22H19BrFNO3/c23-18-6-8-20(26-13-16-3-1-2-4-19(16)24)17(10-18)12-25-11-15-5-7-21-22(9-15)28-14-27-21/h1-10,25H,11-14H2. The molecule has 1 heterocycles. The maximum absolute atomic E-state index is 13.8. The fourth-order valence-electron chi connectivity index (χ4n) is 2.99. The van der Waals surface area contributed by atoms with E-state index < -0.39 is 0 Å². The molecule has 1 aliphatic rings. The van der Waals surface area contributed by atoms with Crippen molar-refractivity contribution in [3.05, 3.63) is 87.6 Å². The number of fused-ring (bicyclic) bond motifs is 1. The molecule has 0 saturated carbocycles. The number of hydrogen-bond donors (Lipinski definition) is 1. The second-order valence-corrected chi connectivity index (χ2v) is 7.34. The van der Waals surface area contributed by atoms with E-state index in [9.17, 15) is 4.39 Å². The lowest BCUT2D eigenvalue weighted by atomic mass is 10.1. The predicted molar refractivity (Wildman–Crippen MR) is 108 cm³/mol. The average Bonchev–Trinajstić information content (AvgIpc) is 3.16. The fraction of sp³-hybridized carbons (Fsp3) is 0.182. The van der Waals surface area contributed by atoms with Crippen LogP contribution in [0.25, 0.3) is 0 Å². The summed E-state index contributed by atoms with van der Waals surface area (Å²) >= 11 is 3.50. The quantitative estimate of drug-likeness (QED) is 0.545. The van der Waals surface area contributed by atoms with Crippen LogP contribution in [0.3, 0.4) is 0 Å². The van der Waals surface area contributed by atoms with E-state index >= 15 is 0 Å². The highest BCUT2D eigenvalue weighted by atomic mass is 79.9. The Labute approximate surface area is 171 Å². The van der Waals surface area contributed by atoms with E-state index in [-0.39, 0.29) is 19.2 Å². The Morgan fingerprint density at radius 1 is 0.929 bits per heavy atom. The van der Waals surface area contributed by atoms with E-state index in [1.807, 2.05) is 36.4 Å². The molecule has 28 heavy (non-hydrogen) atoms. The van der Waals surface area contributed by atoms with Crippen molar-refractivity contribution in [2.24, 2.45) is 0 Å². The number of ether oxygens (including phenoxy) is 3. The van der Waals surface area contributed by atoms with Crippen LogP contribution in [0.2, 0.25) is 0 Å². The van der Waals surface area contributed by atoms with Gasteiger partial charge in [-0.1, -0.05) is 40.2 Å². The van der Waals surface area contributed by atoms with Crippen LogP contribution in [0, 0.1) is 5.82 Å². The van der Waals surface area contributed by atoms with E-state index in [0.29, 0.717) is 18.7 Å². The number of halogens is 2. The van der Waals surface area contributed by atoms with Gasteiger partial charge in [0.1, 0.15) is 18.2 Å². The van der Waals surface area contributed by atoms with Crippen molar-refractivity contribution in [1.82, 2.24) is 5.32 Å². The number of benzene rings is 3. The highest BCUT2D eigenvalue weighted by Gasteiger charge is 2.13. The Morgan fingerprint density at radius 3 is 2.68 bits per heavy atom. The second kappa shape index (κ2) is 8.63. The van der Waals surface area contributed by atoms with Crippen LogP contribution >= 0.6 is 15.9 Å². The first-order chi connectivity index (χ1) is 13.7. The summed E-state index contributed by atoms with van der Waals surface area (Å²) in [5, 5.41) is 3.42. The highest BCUT2D eigenvalue weighted by Crippen LogP contribution is 2.32. The average molecular weight is 444 g/mol. The molecule has 4 rings (SSSR count). The summed E-state index contributed by atoms with van der Waals surface area (Å²) in [6.07, 6.45) is 0. The normalized spacial score (nSPS) is 12.2. The van der Waals surface area contributed by atoms with Gasteiger partial charge in [-0.3, -0.25) is 0 Å². The van der Waals surface area contributed by atoms with Crippen molar-refractivity contribution in [2.75, 3.05) is 6.79 Å². The van der Waals surface area contributed by atoms with E-state index in [2.05, 4.69) is 21.2 Å².